The number of thiazole rings is 1. The van der Waals surface area contributed by atoms with E-state index in [1.54, 1.807) is 6.07 Å². The standard InChI is InChI=1S/C20H17N7O3S/c1-3-26(8-4-7-21)14-5-6-16(17(10-14)30-2)24-25-20-23-19-13(12-22)9-15(27(28)29)11-18(19)31-20/h5-6,9-11H,3-4,8H2,1-2H3. The fraction of sp³-hybridized carbons (Fsp3) is 0.250. The second kappa shape index (κ2) is 9.61. The van der Waals surface area contributed by atoms with Crippen LogP contribution in [-0.2, 0) is 0 Å². The highest BCUT2D eigenvalue weighted by Crippen LogP contribution is 2.36. The molecule has 0 radical (unpaired) electrons. The second-order valence-electron chi connectivity index (χ2n) is 6.25. The van der Waals surface area contributed by atoms with Crippen molar-refractivity contribution in [3.05, 3.63) is 46.0 Å². The van der Waals surface area contributed by atoms with Gasteiger partial charge < -0.3 is 9.64 Å². The number of benzene rings is 2. The lowest BCUT2D eigenvalue weighted by Crippen LogP contribution is -2.23. The molecule has 0 spiro atoms. The molecule has 0 saturated carbocycles. The monoisotopic (exact) mass is 435 g/mol. The molecule has 0 atom stereocenters. The maximum atomic E-state index is 11.1. The molecule has 0 saturated heterocycles. The van der Waals surface area contributed by atoms with E-state index in [-0.39, 0.29) is 16.4 Å². The van der Waals surface area contributed by atoms with Gasteiger partial charge in [0.15, 0.2) is 0 Å². The molecule has 31 heavy (non-hydrogen) atoms. The number of ether oxygens (including phenoxy) is 1. The third kappa shape index (κ3) is 4.74. The molecular formula is C20H17N7O3S. The van der Waals surface area contributed by atoms with Gasteiger partial charge in [-0.05, 0) is 19.1 Å². The quantitative estimate of drug-likeness (QED) is 0.267. The highest BCUT2D eigenvalue weighted by atomic mass is 32.1. The van der Waals surface area contributed by atoms with Crippen molar-refractivity contribution >= 4 is 43.7 Å². The third-order valence-electron chi connectivity index (χ3n) is 4.45. The summed E-state index contributed by atoms with van der Waals surface area (Å²) in [4.78, 5) is 16.8. The van der Waals surface area contributed by atoms with Crippen molar-refractivity contribution in [3.8, 4) is 17.9 Å². The summed E-state index contributed by atoms with van der Waals surface area (Å²) in [7, 11) is 1.53. The maximum Gasteiger partial charge on any atom is 0.272 e. The van der Waals surface area contributed by atoms with Crippen molar-refractivity contribution in [2.75, 3.05) is 25.1 Å². The zero-order valence-electron chi connectivity index (χ0n) is 16.8. The number of methoxy groups -OCH3 is 1. The van der Waals surface area contributed by atoms with Crippen LogP contribution in [0.4, 0.5) is 22.2 Å². The van der Waals surface area contributed by atoms with Crippen molar-refractivity contribution in [1.82, 2.24) is 4.98 Å². The Morgan fingerprint density at radius 2 is 2.10 bits per heavy atom. The van der Waals surface area contributed by atoms with E-state index >= 15 is 0 Å². The van der Waals surface area contributed by atoms with Gasteiger partial charge in [-0.15, -0.1) is 10.2 Å². The van der Waals surface area contributed by atoms with Crippen molar-refractivity contribution < 1.29 is 9.66 Å². The fourth-order valence-corrected chi connectivity index (χ4v) is 3.78. The Morgan fingerprint density at radius 3 is 2.74 bits per heavy atom. The molecule has 2 aromatic carbocycles. The third-order valence-corrected chi connectivity index (χ3v) is 5.33. The van der Waals surface area contributed by atoms with Gasteiger partial charge in [0.1, 0.15) is 23.0 Å². The Kier molecular flexibility index (Phi) is 6.70. The number of nitriles is 2. The molecule has 0 aliphatic carbocycles. The lowest BCUT2D eigenvalue weighted by atomic mass is 10.2. The first kappa shape index (κ1) is 21.6. The minimum atomic E-state index is -0.552. The van der Waals surface area contributed by atoms with Gasteiger partial charge >= 0.3 is 0 Å². The first-order valence-electron chi connectivity index (χ1n) is 9.21. The number of fused-ring (bicyclic) bond motifs is 1. The van der Waals surface area contributed by atoms with Crippen LogP contribution in [0.15, 0.2) is 40.6 Å². The van der Waals surface area contributed by atoms with Gasteiger partial charge in [-0.2, -0.15) is 10.5 Å². The summed E-state index contributed by atoms with van der Waals surface area (Å²) in [5.74, 6) is 0.506. The average Bonchev–Trinajstić information content (AvgIpc) is 3.20. The number of nitro benzene ring substituents is 1. The lowest BCUT2D eigenvalue weighted by Gasteiger charge is -2.22. The van der Waals surface area contributed by atoms with Gasteiger partial charge in [0.05, 0.1) is 34.8 Å². The van der Waals surface area contributed by atoms with Crippen LogP contribution >= 0.6 is 11.3 Å². The smallest absolute Gasteiger partial charge is 0.272 e. The molecule has 0 N–H and O–H groups in total. The maximum absolute atomic E-state index is 11.1. The molecule has 0 amide bonds. The van der Waals surface area contributed by atoms with E-state index in [0.717, 1.165) is 23.6 Å². The first-order valence-corrected chi connectivity index (χ1v) is 10.0. The van der Waals surface area contributed by atoms with Crippen molar-refractivity contribution in [3.63, 3.8) is 0 Å². The van der Waals surface area contributed by atoms with E-state index in [0.29, 0.717) is 34.6 Å². The minimum absolute atomic E-state index is 0.112. The molecule has 10 nitrogen and oxygen atoms in total. The molecule has 0 bridgehead atoms. The highest BCUT2D eigenvalue weighted by molar-refractivity contribution is 7.22. The van der Waals surface area contributed by atoms with Gasteiger partial charge in [0.25, 0.3) is 5.69 Å². The Morgan fingerprint density at radius 1 is 1.29 bits per heavy atom. The van der Waals surface area contributed by atoms with Gasteiger partial charge in [0, 0.05) is 37.0 Å². The van der Waals surface area contributed by atoms with Gasteiger partial charge in [0.2, 0.25) is 5.13 Å². The number of anilines is 1. The predicted octanol–water partition coefficient (Wildman–Crippen LogP) is 5.24. The predicted molar refractivity (Wildman–Crippen MR) is 116 cm³/mol. The van der Waals surface area contributed by atoms with Crippen LogP contribution in [0.1, 0.15) is 18.9 Å². The van der Waals surface area contributed by atoms with Crippen LogP contribution in [-0.4, -0.2) is 30.1 Å². The second-order valence-corrected chi connectivity index (χ2v) is 7.26. The largest absolute Gasteiger partial charge is 0.494 e. The number of aromatic nitrogens is 1. The number of nitrogens with zero attached hydrogens (tertiary/aromatic N) is 7. The summed E-state index contributed by atoms with van der Waals surface area (Å²) in [5, 5.41) is 37.8. The molecule has 1 aromatic heterocycles. The summed E-state index contributed by atoms with van der Waals surface area (Å²) >= 11 is 1.11. The number of non-ortho nitro benzene ring substituents is 1. The van der Waals surface area contributed by atoms with Gasteiger partial charge in [-0.1, -0.05) is 11.3 Å². The Labute approximate surface area is 181 Å². The van der Waals surface area contributed by atoms with Crippen molar-refractivity contribution in [2.45, 2.75) is 13.3 Å². The SMILES string of the molecule is CCN(CCC#N)c1ccc(N=Nc2nc3c(C#N)cc([N+](=O)[O-])cc3s2)c(OC)c1. The number of nitro groups is 1. The summed E-state index contributed by atoms with van der Waals surface area (Å²) < 4.78 is 5.91. The van der Waals surface area contributed by atoms with Crippen LogP contribution in [0.2, 0.25) is 0 Å². The molecule has 0 fully saturated rings. The Hall–Kier alpha value is -4.09. The molecular weight excluding hydrogens is 418 g/mol. The van der Waals surface area contributed by atoms with Crippen LogP contribution in [0.5, 0.6) is 5.75 Å². The summed E-state index contributed by atoms with van der Waals surface area (Å²) in [6.45, 7) is 3.35. The van der Waals surface area contributed by atoms with E-state index in [4.69, 9.17) is 10.00 Å². The van der Waals surface area contributed by atoms with Crippen LogP contribution in [0.3, 0.4) is 0 Å². The van der Waals surface area contributed by atoms with Crippen molar-refractivity contribution in [1.29, 1.82) is 10.5 Å². The summed E-state index contributed by atoms with van der Waals surface area (Å²) in [6, 6.07) is 12.1. The molecule has 0 aliphatic rings. The van der Waals surface area contributed by atoms with Crippen LogP contribution < -0.4 is 9.64 Å². The molecule has 0 unspecified atom stereocenters. The number of azo groups is 1. The number of hydrogen-bond donors (Lipinski definition) is 0. The lowest BCUT2D eigenvalue weighted by molar-refractivity contribution is -0.384. The first-order chi connectivity index (χ1) is 15.0. The zero-order chi connectivity index (χ0) is 22.4. The van der Waals surface area contributed by atoms with Gasteiger partial charge in [-0.3, -0.25) is 10.1 Å². The van der Waals surface area contributed by atoms with E-state index in [9.17, 15) is 15.4 Å². The van der Waals surface area contributed by atoms with Crippen molar-refractivity contribution in [2.24, 2.45) is 10.2 Å². The van der Waals surface area contributed by atoms with Crippen LogP contribution in [0.25, 0.3) is 10.2 Å². The molecule has 1 heterocycles. The molecule has 3 rings (SSSR count). The fourth-order valence-electron chi connectivity index (χ4n) is 2.93. The number of rotatable bonds is 8. The highest BCUT2D eigenvalue weighted by Gasteiger charge is 2.16. The topological polar surface area (TPSA) is 141 Å². The normalized spacial score (nSPS) is 10.7. The molecule has 3 aromatic rings. The molecule has 0 aliphatic heterocycles. The summed E-state index contributed by atoms with van der Waals surface area (Å²) in [6.07, 6.45) is 0.415. The minimum Gasteiger partial charge on any atom is -0.494 e. The summed E-state index contributed by atoms with van der Waals surface area (Å²) in [5.41, 5.74) is 1.67. The van der Waals surface area contributed by atoms with E-state index in [2.05, 4.69) is 26.2 Å². The van der Waals surface area contributed by atoms with E-state index < -0.39 is 4.92 Å². The molecule has 156 valence electrons. The van der Waals surface area contributed by atoms with Gasteiger partial charge in [-0.25, -0.2) is 4.98 Å². The average molecular weight is 435 g/mol. The van der Waals surface area contributed by atoms with E-state index in [1.807, 2.05) is 25.1 Å². The van der Waals surface area contributed by atoms with Crippen LogP contribution in [0, 0.1) is 32.8 Å². The zero-order valence-corrected chi connectivity index (χ0v) is 17.6. The Bertz CT molecular complexity index is 1240. The van der Waals surface area contributed by atoms with E-state index in [1.165, 1.54) is 19.2 Å². The number of hydrogen-bond acceptors (Lipinski definition) is 10. The molecule has 11 heteroatoms. The Balaban J connectivity index is 1.92.